The molecule has 7 aromatic carbocycles. The van der Waals surface area contributed by atoms with Gasteiger partial charge in [-0.25, -0.2) is 47.5 Å². The Labute approximate surface area is 939 Å². The summed E-state index contributed by atoms with van der Waals surface area (Å²) in [7, 11) is -3.98. The van der Waals surface area contributed by atoms with E-state index in [1.165, 1.54) is 57.4 Å². The molecule has 0 saturated heterocycles. The molecule has 0 amide bonds. The minimum Gasteiger partial charge on any atom is -0.482 e. The van der Waals surface area contributed by atoms with Crippen molar-refractivity contribution in [2.75, 3.05) is 18.8 Å². The molecule has 3 aliphatic rings. The Hall–Kier alpha value is 3.66. The van der Waals surface area contributed by atoms with E-state index in [-0.39, 0.29) is 143 Å². The van der Waals surface area contributed by atoms with Crippen LogP contribution in [0.1, 0.15) is 190 Å². The van der Waals surface area contributed by atoms with E-state index in [1.54, 1.807) is 59.0 Å². The molecule has 0 aliphatic carbocycles. The van der Waals surface area contributed by atoms with E-state index in [1.807, 2.05) is 53.7 Å². The first-order valence-electron chi connectivity index (χ1n) is 34.8. The number of fused-ring (bicyclic) bond motifs is 4. The van der Waals surface area contributed by atoms with Crippen LogP contribution >= 0.6 is 294 Å². The summed E-state index contributed by atoms with van der Waals surface area (Å²) < 4.78 is 104. The maximum absolute atomic E-state index is 14.5. The predicted molar refractivity (Wildman–Crippen MR) is 563 cm³/mol. The standard InChI is InChI=1S/C19H24I3NO5S.C16H18F2INO2.C14H15I3NO2.C12H7I2N.C11H10F2IN.C8H4I3N.CH4.3Y/c1-12-19(2,8-5-3-4-7-15(24)25)16-14(11-13(20)17(21)18(16)22)23(12)9-6-10-29(26,27)28;1-9-16(2,7-5-3-4-6-12(21)22)13-11(20-9)8-10(17)15(19)14(13)18;1-2-18(7-5-3-4-6-13(19)20)10-8-11(15)14(17)12(16)9-10;1-2-15-10-3-4-11-8(6-10)5-9(13)7-12(11)14;1-5-11(2,3)8-7(15-5)4-6(12)10(14)9(8)13;1-2-12-5-3-6(9)8(11)7(10)4-5;;;;/h11H,3-10H2,1-2H3,(H-,24,25,26,27,28);8H,3-7H2,1-2H3,(H,21,22);8H,3-7H2,1H3,(H,19,20);3-5,7H,1H3;4H,1-3H3;3H,1H3;1H4;;;/q;;-1;-2;;-2;;;;/p+1. The van der Waals surface area contributed by atoms with Gasteiger partial charge in [0.2, 0.25) is 5.69 Å². The molecule has 3 heterocycles. The maximum atomic E-state index is 14.5. The number of unbranched alkanes of at least 4 members (excludes halogenated alkanes) is 6. The second-order valence-electron chi connectivity index (χ2n) is 26.8. The van der Waals surface area contributed by atoms with Crippen LogP contribution in [0.5, 0.6) is 0 Å². The summed E-state index contributed by atoms with van der Waals surface area (Å²) in [6.45, 7) is 20.6. The van der Waals surface area contributed by atoms with Crippen LogP contribution in [0.3, 0.4) is 0 Å². The van der Waals surface area contributed by atoms with Crippen LogP contribution in [0.25, 0.3) is 10.8 Å². The summed E-state index contributed by atoms with van der Waals surface area (Å²) in [6, 6.07) is 27.0. The predicted octanol–water partition coefficient (Wildman–Crippen LogP) is 27.6. The van der Waals surface area contributed by atoms with Crippen molar-refractivity contribution in [1.82, 2.24) is 0 Å². The Kier molecular flexibility index (Phi) is 57.3. The van der Waals surface area contributed by atoms with Crippen LogP contribution in [-0.4, -0.2) is 110 Å². The minimum atomic E-state index is -3.98. The quantitative estimate of drug-likeness (QED) is 0.00624. The molecule has 117 heavy (non-hydrogen) atoms. The van der Waals surface area contributed by atoms with Gasteiger partial charge >= 0.3 is 17.9 Å². The number of aliphatic carboxylic acids is 3. The number of hydrogen-bond donors (Lipinski definition) is 4. The van der Waals surface area contributed by atoms with E-state index in [4.69, 9.17) is 19.9 Å². The van der Waals surface area contributed by atoms with Gasteiger partial charge in [0.25, 0.3) is 10.1 Å². The van der Waals surface area contributed by atoms with Gasteiger partial charge in [-0.05, 0) is 179 Å². The Bertz CT molecular complexity index is 4980. The van der Waals surface area contributed by atoms with Gasteiger partial charge in [0.15, 0.2) is 5.71 Å². The molecule has 629 valence electrons. The van der Waals surface area contributed by atoms with E-state index < -0.39 is 62.1 Å². The molecule has 0 fully saturated rings. The number of aliphatic imine (C=N–C) groups is 4. The molecule has 3 aliphatic heterocycles. The van der Waals surface area contributed by atoms with Gasteiger partial charge in [0.05, 0.1) is 35.2 Å². The van der Waals surface area contributed by atoms with Crippen molar-refractivity contribution in [1.29, 1.82) is 0 Å². The van der Waals surface area contributed by atoms with Crippen LogP contribution in [0, 0.1) is 87.9 Å². The second-order valence-corrected chi connectivity index (χ2v) is 42.9. The Morgan fingerprint density at radius 3 is 1.50 bits per heavy atom. The SMILES string of the molecule is C.CC1=Nc2cc(F)c(I)c(F)c2C1(C)C.CC1=Nc2cc(F)c(I)c(F)c2C1(C)CCCCCC(=O)O.CC1=[N+](CCCS(=O)(=O)O)c2cc(I)c(I)c(I)c2C1(C)CCCCCC(=O)O.C[C-]=Nc1[c-]c(I)c(I)c(I)c1.C[C-]=Nc1[c-]c2cc(I)cc(I)c2cc1.C[C-]=[N+](CCCCCC(=O)O)c1[c-]c(I)c(I)c(I)c1.[Y].[Y].[Y]. The molecular formula is C81H83F4I13N6O9SY3-4. The summed E-state index contributed by atoms with van der Waals surface area (Å²) in [6.07, 6.45) is 18.5. The first-order chi connectivity index (χ1) is 52.8. The molecule has 2 atom stereocenters. The molecule has 4 N–H and O–H groups in total. The molecule has 7 aromatic rings. The normalized spacial score (nSPS) is 15.3. The number of carboxylic acid groups (broad SMARTS) is 3. The van der Waals surface area contributed by atoms with Gasteiger partial charge in [-0.2, -0.15) is 54.7 Å². The van der Waals surface area contributed by atoms with Crippen molar-refractivity contribution in [2.24, 2.45) is 20.0 Å². The van der Waals surface area contributed by atoms with Crippen molar-refractivity contribution in [3.8, 4) is 0 Å². The number of carboxylic acids is 3. The first kappa shape index (κ1) is 119. The number of carbonyl (C=O) groups is 3. The van der Waals surface area contributed by atoms with Gasteiger partial charge in [-0.1, -0.05) is 231 Å². The molecule has 10 rings (SSSR count). The van der Waals surface area contributed by atoms with Crippen LogP contribution in [0.15, 0.2) is 74.6 Å². The van der Waals surface area contributed by atoms with Crippen molar-refractivity contribution >= 4 is 402 Å². The molecule has 36 heteroatoms. The molecular weight excluding hydrogens is 3230 g/mol. The molecule has 0 saturated carbocycles. The largest absolute Gasteiger partial charge is 0.482 e. The smallest absolute Gasteiger partial charge is 0.303 e. The monoisotopic (exact) mass is 3310 g/mol. The fraction of sp³-hybridized carbons (Fsp3) is 0.395. The van der Waals surface area contributed by atoms with Crippen LogP contribution < -0.4 is 0 Å². The first-order valence-corrected chi connectivity index (χ1v) is 50.5. The van der Waals surface area contributed by atoms with Gasteiger partial charge in [0.1, 0.15) is 36.4 Å². The fourth-order valence-electron chi connectivity index (χ4n) is 12.4. The van der Waals surface area contributed by atoms with Gasteiger partial charge in [-0.15, -0.1) is 68.7 Å². The average Bonchev–Trinajstić information content (AvgIpc) is 1.57. The van der Waals surface area contributed by atoms with E-state index in [2.05, 4.69) is 359 Å². The van der Waals surface area contributed by atoms with Crippen molar-refractivity contribution in [2.45, 2.75) is 189 Å². The third kappa shape index (κ3) is 35.0. The third-order valence-corrected chi connectivity index (χ3v) is 37.8. The van der Waals surface area contributed by atoms with Crippen LogP contribution in [0.2, 0.25) is 0 Å². The number of halogens is 17. The second kappa shape index (κ2) is 56.5. The number of rotatable bonds is 25. The molecule has 0 spiro atoms. The number of hydrogen-bond acceptors (Lipinski definition) is 9. The topological polar surface area (TPSA) is 222 Å². The fourth-order valence-corrected chi connectivity index (χ4v) is 22.3. The van der Waals surface area contributed by atoms with Gasteiger partial charge < -0.3 is 29.9 Å². The van der Waals surface area contributed by atoms with Crippen LogP contribution in [-0.2, 0) is 139 Å². The summed E-state index contributed by atoms with van der Waals surface area (Å²) in [5.41, 5.74) is 8.48. The van der Waals surface area contributed by atoms with E-state index >= 15 is 0 Å². The zero-order chi connectivity index (χ0) is 84.9. The summed E-state index contributed by atoms with van der Waals surface area (Å²) >= 11 is 28.9. The van der Waals surface area contributed by atoms with Gasteiger partial charge in [0, 0.05) is 206 Å². The summed E-state index contributed by atoms with van der Waals surface area (Å²) in [5, 5.41) is 28.4. The molecule has 0 aromatic heterocycles. The Morgan fingerprint density at radius 2 is 1.00 bits per heavy atom. The third-order valence-electron chi connectivity index (χ3n) is 18.7. The summed E-state index contributed by atoms with van der Waals surface area (Å²) in [5.74, 6) is -4.65. The zero-order valence-electron chi connectivity index (χ0n) is 64.5. The minimum absolute atomic E-state index is 0. The molecule has 15 nitrogen and oxygen atoms in total. The van der Waals surface area contributed by atoms with Gasteiger partial charge in [-0.3, -0.25) is 28.9 Å². The summed E-state index contributed by atoms with van der Waals surface area (Å²) in [4.78, 5) is 48.4. The zero-order valence-corrected chi connectivity index (χ0v) is 102. The maximum Gasteiger partial charge on any atom is 0.303 e. The van der Waals surface area contributed by atoms with Crippen LogP contribution in [0.4, 0.5) is 51.7 Å². The van der Waals surface area contributed by atoms with Crippen molar-refractivity contribution in [3.63, 3.8) is 0 Å². The number of nitrogens with zero attached hydrogens (tertiary/aromatic N) is 6. The molecule has 0 bridgehead atoms. The number of benzene rings is 7. The Balaban J connectivity index is 0.000000712. The molecule has 3 radical (unpaired) electrons. The average molecular weight is 3310 g/mol. The van der Waals surface area contributed by atoms with E-state index in [0.717, 1.165) is 108 Å². The van der Waals surface area contributed by atoms with E-state index in [9.17, 15) is 40.4 Å². The molecule has 2 unspecified atom stereocenters. The van der Waals surface area contributed by atoms with Crippen molar-refractivity contribution in [3.05, 3.63) is 159 Å². The van der Waals surface area contributed by atoms with Crippen molar-refractivity contribution < 1.29 is 168 Å². The Morgan fingerprint density at radius 1 is 0.530 bits per heavy atom. The van der Waals surface area contributed by atoms with E-state index in [0.29, 0.717) is 54.7 Å².